The molecule has 120 valence electrons. The predicted molar refractivity (Wildman–Crippen MR) is 80.4 cm³/mol. The van der Waals surface area contributed by atoms with E-state index in [2.05, 4.69) is 24.8 Å². The Balaban J connectivity index is 1.97. The number of alkyl halides is 2. The number of aliphatic imine (C=N–C) groups is 1. The van der Waals surface area contributed by atoms with Crippen molar-refractivity contribution in [3.8, 4) is 11.8 Å². The first kappa shape index (κ1) is 16.3. The quantitative estimate of drug-likeness (QED) is 0.479. The Morgan fingerprint density at radius 3 is 2.74 bits per heavy atom. The predicted octanol–water partition coefficient (Wildman–Crippen LogP) is 2.17. The summed E-state index contributed by atoms with van der Waals surface area (Å²) < 4.78 is 33.9. The second kappa shape index (κ2) is 8.37. The molecule has 2 aromatic rings. The molecule has 23 heavy (non-hydrogen) atoms. The van der Waals surface area contributed by atoms with E-state index in [1.165, 1.54) is 36.8 Å². The smallest absolute Gasteiger partial charge is 0.387 e. The lowest BCUT2D eigenvalue weighted by atomic mass is 10.3. The highest BCUT2D eigenvalue weighted by atomic mass is 19.3. The van der Waals surface area contributed by atoms with E-state index in [0.717, 1.165) is 0 Å². The molecule has 2 N–H and O–H groups in total. The fourth-order valence-electron chi connectivity index (χ4n) is 1.50. The summed E-state index contributed by atoms with van der Waals surface area (Å²) in [5.74, 6) is 5.26. The maximum atomic E-state index is 12.2. The summed E-state index contributed by atoms with van der Waals surface area (Å²) in [6, 6.07) is 7.74. The van der Waals surface area contributed by atoms with Gasteiger partial charge in [-0.05, 0) is 18.2 Å². The van der Waals surface area contributed by atoms with Gasteiger partial charge < -0.3 is 15.3 Å². The van der Waals surface area contributed by atoms with E-state index in [1.54, 1.807) is 12.1 Å². The molecule has 0 bridgehead atoms. The molecule has 1 aromatic carbocycles. The molecule has 1 aromatic heterocycles. The first-order valence-electron chi connectivity index (χ1n) is 6.43. The molecular weight excluding hydrogens is 308 g/mol. The minimum Gasteiger partial charge on any atom is -0.457 e. The van der Waals surface area contributed by atoms with Crippen molar-refractivity contribution in [2.45, 2.75) is 6.61 Å². The highest BCUT2D eigenvalue weighted by molar-refractivity contribution is 6.31. The largest absolute Gasteiger partial charge is 0.457 e. The number of nitrogens with zero attached hydrogens (tertiary/aromatic N) is 4. The van der Waals surface area contributed by atoms with Gasteiger partial charge in [-0.15, -0.1) is 0 Å². The van der Waals surface area contributed by atoms with Gasteiger partial charge in [-0.25, -0.2) is 9.97 Å². The summed E-state index contributed by atoms with van der Waals surface area (Å²) >= 11 is 0. The lowest BCUT2D eigenvalue weighted by Crippen LogP contribution is -2.15. The second-order valence-corrected chi connectivity index (χ2v) is 4.07. The van der Waals surface area contributed by atoms with E-state index in [0.29, 0.717) is 11.4 Å². The van der Waals surface area contributed by atoms with E-state index in [1.807, 2.05) is 0 Å². The first-order valence-corrected chi connectivity index (χ1v) is 6.43. The maximum absolute atomic E-state index is 12.2. The molecule has 0 unspecified atom stereocenters. The molecule has 0 aliphatic heterocycles. The number of rotatable bonds is 7. The molecule has 7 nitrogen and oxygen atoms in total. The van der Waals surface area contributed by atoms with Gasteiger partial charge in [0.2, 0.25) is 0 Å². The minimum absolute atomic E-state index is 0.00910. The van der Waals surface area contributed by atoms with Crippen molar-refractivity contribution in [3.05, 3.63) is 42.7 Å². The topological polar surface area (TPSA) is 95.0 Å². The molecule has 0 saturated carbocycles. The molecule has 0 radical (unpaired) electrons. The van der Waals surface area contributed by atoms with Crippen molar-refractivity contribution in [1.29, 1.82) is 0 Å². The van der Waals surface area contributed by atoms with E-state index >= 15 is 0 Å². The number of hydrogen-bond donors (Lipinski definition) is 1. The van der Waals surface area contributed by atoms with Gasteiger partial charge in [-0.3, -0.25) is 4.99 Å². The zero-order valence-corrected chi connectivity index (χ0v) is 11.8. The molecule has 2 rings (SSSR count). The van der Waals surface area contributed by atoms with Crippen molar-refractivity contribution >= 4 is 17.6 Å². The van der Waals surface area contributed by atoms with Crippen molar-refractivity contribution in [1.82, 2.24) is 9.97 Å². The average molecular weight is 321 g/mol. The third-order valence-corrected chi connectivity index (χ3v) is 2.46. The van der Waals surface area contributed by atoms with Crippen LogP contribution >= 0.6 is 0 Å². The third kappa shape index (κ3) is 5.65. The maximum Gasteiger partial charge on any atom is 0.387 e. The molecule has 0 amide bonds. The molecule has 0 aliphatic rings. The van der Waals surface area contributed by atoms with E-state index in [-0.39, 0.29) is 18.4 Å². The molecule has 0 atom stereocenters. The first-order chi connectivity index (χ1) is 11.2. The Kier molecular flexibility index (Phi) is 5.92. The van der Waals surface area contributed by atoms with Crippen LogP contribution in [0.3, 0.4) is 0 Å². The Bertz CT molecular complexity index is 680. The summed E-state index contributed by atoms with van der Waals surface area (Å²) in [6.45, 7) is -2.88. The van der Waals surface area contributed by atoms with Gasteiger partial charge in [0, 0.05) is 18.5 Å². The van der Waals surface area contributed by atoms with Crippen LogP contribution in [0, 0.1) is 0 Å². The van der Waals surface area contributed by atoms with Crippen molar-refractivity contribution < 1.29 is 18.3 Å². The summed E-state index contributed by atoms with van der Waals surface area (Å²) in [7, 11) is 0. The Morgan fingerprint density at radius 1 is 1.26 bits per heavy atom. The second-order valence-electron chi connectivity index (χ2n) is 4.07. The van der Waals surface area contributed by atoms with Gasteiger partial charge in [0.15, 0.2) is 0 Å². The number of benzene rings is 1. The molecular formula is C14H13F2N5O2. The Morgan fingerprint density at radius 2 is 2.04 bits per heavy atom. The zero-order valence-electron chi connectivity index (χ0n) is 11.8. The van der Waals surface area contributed by atoms with Crippen LogP contribution in [0.2, 0.25) is 0 Å². The van der Waals surface area contributed by atoms with Crippen molar-refractivity contribution in [2.24, 2.45) is 15.9 Å². The van der Waals surface area contributed by atoms with Crippen LogP contribution < -0.4 is 15.3 Å². The van der Waals surface area contributed by atoms with Gasteiger partial charge in [0.05, 0.1) is 11.9 Å². The molecule has 9 heteroatoms. The van der Waals surface area contributed by atoms with E-state index in [9.17, 15) is 8.78 Å². The number of halogens is 2. The van der Waals surface area contributed by atoms with Crippen LogP contribution in [0.1, 0.15) is 0 Å². The minimum atomic E-state index is -2.89. The Labute approximate surface area is 130 Å². The van der Waals surface area contributed by atoms with Crippen LogP contribution in [0.25, 0.3) is 0 Å². The van der Waals surface area contributed by atoms with Gasteiger partial charge in [-0.1, -0.05) is 6.07 Å². The van der Waals surface area contributed by atoms with Crippen molar-refractivity contribution in [3.63, 3.8) is 0 Å². The highest BCUT2D eigenvalue weighted by Gasteiger charge is 2.04. The lowest BCUT2D eigenvalue weighted by Gasteiger charge is -2.04. The van der Waals surface area contributed by atoms with Crippen LogP contribution in [-0.2, 0) is 0 Å². The lowest BCUT2D eigenvalue weighted by molar-refractivity contribution is -0.0498. The summed E-state index contributed by atoms with van der Waals surface area (Å²) in [5, 5.41) is 3.52. The Hall–Kier alpha value is -3.10. The van der Waals surface area contributed by atoms with Gasteiger partial charge in [0.25, 0.3) is 0 Å². The van der Waals surface area contributed by atoms with Crippen molar-refractivity contribution in [2.75, 3.05) is 6.61 Å². The summed E-state index contributed by atoms with van der Waals surface area (Å²) in [6.07, 6.45) is 4.42. The van der Waals surface area contributed by atoms with E-state index in [4.69, 9.17) is 10.6 Å². The van der Waals surface area contributed by atoms with Crippen LogP contribution in [0.15, 0.2) is 52.8 Å². The standard InChI is InChI=1S/C14H13F2N5O2/c15-13(16)23-12-4-1-3-10(7-12)20-8-11(21-17)9-22-14-18-5-2-6-19-14/h1-8,13H,9,17H2. The van der Waals surface area contributed by atoms with Gasteiger partial charge in [0.1, 0.15) is 18.1 Å². The fraction of sp³-hybridized carbons (Fsp3) is 0.143. The average Bonchev–Trinajstić information content (AvgIpc) is 2.56. The van der Waals surface area contributed by atoms with Crippen LogP contribution in [-0.4, -0.2) is 35.1 Å². The normalized spacial score (nSPS) is 11.9. The molecule has 0 saturated heterocycles. The number of hydrazone groups is 1. The summed E-state index contributed by atoms with van der Waals surface area (Å²) in [4.78, 5) is 11.8. The SMILES string of the molecule is NN=C(C=Nc1cccc(OC(F)F)c1)COc1ncccn1. The number of ether oxygens (including phenoxy) is 2. The highest BCUT2D eigenvalue weighted by Crippen LogP contribution is 2.21. The number of hydrogen-bond acceptors (Lipinski definition) is 7. The number of nitrogens with two attached hydrogens (primary N) is 1. The van der Waals surface area contributed by atoms with Crippen LogP contribution in [0.4, 0.5) is 14.5 Å². The van der Waals surface area contributed by atoms with E-state index < -0.39 is 6.61 Å². The fourth-order valence-corrected chi connectivity index (χ4v) is 1.50. The molecule has 0 aliphatic carbocycles. The third-order valence-electron chi connectivity index (χ3n) is 2.46. The summed E-state index contributed by atoms with van der Waals surface area (Å²) in [5.41, 5.74) is 0.720. The molecule has 1 heterocycles. The molecule has 0 fully saturated rings. The number of aromatic nitrogens is 2. The monoisotopic (exact) mass is 321 g/mol. The van der Waals surface area contributed by atoms with Crippen LogP contribution in [0.5, 0.6) is 11.8 Å². The van der Waals surface area contributed by atoms with Gasteiger partial charge >= 0.3 is 12.6 Å². The zero-order chi connectivity index (χ0) is 16.5. The molecule has 0 spiro atoms. The van der Waals surface area contributed by atoms with Gasteiger partial charge in [-0.2, -0.15) is 13.9 Å².